The Bertz CT molecular complexity index is 388. The number of rotatable bonds is 8. The van der Waals surface area contributed by atoms with Crippen LogP contribution < -0.4 is 0 Å². The summed E-state index contributed by atoms with van der Waals surface area (Å²) < 4.78 is 1.79. The molecule has 0 bridgehead atoms. The van der Waals surface area contributed by atoms with Gasteiger partial charge in [0.05, 0.1) is 22.5 Å². The molecule has 0 saturated carbocycles. The molecule has 1 unspecified atom stereocenters. The van der Waals surface area contributed by atoms with Gasteiger partial charge in [-0.1, -0.05) is 32.4 Å². The topological polar surface area (TPSA) is 41.3 Å². The molecule has 0 aliphatic heterocycles. The van der Waals surface area contributed by atoms with Gasteiger partial charge in [0.2, 0.25) is 0 Å². The molecule has 1 aromatic heterocycles. The number of hydrogen-bond acceptors (Lipinski definition) is 3. The van der Waals surface area contributed by atoms with E-state index in [4.69, 9.17) is 11.6 Å². The highest BCUT2D eigenvalue weighted by atomic mass is 35.5. The van der Waals surface area contributed by atoms with Crippen molar-refractivity contribution in [3.8, 4) is 0 Å². The fraction of sp³-hybridized carbons (Fsp3) is 0.786. The van der Waals surface area contributed by atoms with E-state index in [0.29, 0.717) is 11.4 Å². The lowest BCUT2D eigenvalue weighted by Gasteiger charge is -2.20. The Balaban J connectivity index is 2.57. The zero-order chi connectivity index (χ0) is 14.4. The summed E-state index contributed by atoms with van der Waals surface area (Å²) in [5.74, 6) is 0. The van der Waals surface area contributed by atoms with Crippen LogP contribution in [0.4, 0.5) is 0 Å². The van der Waals surface area contributed by atoms with Gasteiger partial charge in [-0.25, -0.2) is 0 Å². The van der Waals surface area contributed by atoms with Crippen LogP contribution >= 0.6 is 11.6 Å². The monoisotopic (exact) mass is 287 g/mol. The Labute approximate surface area is 121 Å². The Morgan fingerprint density at radius 3 is 2.42 bits per heavy atom. The van der Waals surface area contributed by atoms with E-state index < -0.39 is 0 Å². The molecule has 1 atom stereocenters. The van der Waals surface area contributed by atoms with Crippen LogP contribution in [0.3, 0.4) is 0 Å². The van der Waals surface area contributed by atoms with Gasteiger partial charge < -0.3 is 10.0 Å². The zero-order valence-corrected chi connectivity index (χ0v) is 13.2. The zero-order valence-electron chi connectivity index (χ0n) is 12.5. The summed E-state index contributed by atoms with van der Waals surface area (Å²) in [6.07, 6.45) is 1.80. The minimum absolute atomic E-state index is 0.363. The van der Waals surface area contributed by atoms with E-state index in [-0.39, 0.29) is 6.10 Å². The molecule has 1 heterocycles. The fourth-order valence-corrected chi connectivity index (χ4v) is 2.61. The van der Waals surface area contributed by atoms with Crippen LogP contribution in [0.5, 0.6) is 0 Å². The normalized spacial score (nSPS) is 13.2. The first-order chi connectivity index (χ1) is 9.03. The van der Waals surface area contributed by atoms with E-state index in [9.17, 15) is 5.11 Å². The maximum absolute atomic E-state index is 10.1. The van der Waals surface area contributed by atoms with Crippen LogP contribution in [-0.4, -0.2) is 45.5 Å². The van der Waals surface area contributed by atoms with Crippen LogP contribution in [-0.2, 0) is 19.9 Å². The first-order valence-electron chi connectivity index (χ1n) is 7.14. The average Bonchev–Trinajstić information content (AvgIpc) is 2.67. The van der Waals surface area contributed by atoms with Crippen LogP contribution in [0.1, 0.15) is 38.6 Å². The van der Waals surface area contributed by atoms with Crippen molar-refractivity contribution < 1.29 is 5.11 Å². The molecule has 0 aliphatic carbocycles. The van der Waals surface area contributed by atoms with Gasteiger partial charge in [0.1, 0.15) is 0 Å². The third-order valence-electron chi connectivity index (χ3n) is 3.60. The molecule has 5 heteroatoms. The van der Waals surface area contributed by atoms with E-state index in [1.165, 1.54) is 0 Å². The molecule has 0 aliphatic rings. The Morgan fingerprint density at radius 2 is 1.95 bits per heavy atom. The van der Waals surface area contributed by atoms with Crippen molar-refractivity contribution in [2.24, 2.45) is 7.05 Å². The predicted molar refractivity (Wildman–Crippen MR) is 79.7 cm³/mol. The SMILES string of the molecule is CCc1nn(C)c(CC(O)CCN(CC)CC)c1Cl. The average molecular weight is 288 g/mol. The van der Waals surface area contributed by atoms with Gasteiger partial charge in [-0.05, 0) is 25.9 Å². The van der Waals surface area contributed by atoms with E-state index in [2.05, 4.69) is 23.8 Å². The first kappa shape index (κ1) is 16.5. The van der Waals surface area contributed by atoms with Crippen molar-refractivity contribution in [2.75, 3.05) is 19.6 Å². The molecule has 0 amide bonds. The molecular formula is C14H26ClN3O. The van der Waals surface area contributed by atoms with Crippen LogP contribution in [0.15, 0.2) is 0 Å². The molecule has 1 rings (SSSR count). The second-order valence-electron chi connectivity index (χ2n) is 4.86. The van der Waals surface area contributed by atoms with Crippen molar-refractivity contribution in [2.45, 2.75) is 46.1 Å². The maximum Gasteiger partial charge on any atom is 0.0850 e. The summed E-state index contributed by atoms with van der Waals surface area (Å²) in [6, 6.07) is 0. The number of hydrogen-bond donors (Lipinski definition) is 1. The number of aromatic nitrogens is 2. The standard InChI is InChI=1S/C14H26ClN3O/c1-5-12-14(15)13(17(4)16-12)10-11(19)8-9-18(6-2)7-3/h11,19H,5-10H2,1-4H3. The third kappa shape index (κ3) is 4.48. The molecule has 4 nitrogen and oxygen atoms in total. The molecule has 0 saturated heterocycles. The molecule has 110 valence electrons. The summed E-state index contributed by atoms with van der Waals surface area (Å²) in [5, 5.41) is 15.2. The van der Waals surface area contributed by atoms with Crippen LogP contribution in [0.2, 0.25) is 5.02 Å². The molecule has 19 heavy (non-hydrogen) atoms. The fourth-order valence-electron chi connectivity index (χ4n) is 2.24. The second-order valence-corrected chi connectivity index (χ2v) is 5.24. The molecule has 0 fully saturated rings. The Morgan fingerprint density at radius 1 is 1.32 bits per heavy atom. The lowest BCUT2D eigenvalue weighted by atomic mass is 10.1. The van der Waals surface area contributed by atoms with Crippen molar-refractivity contribution in [3.05, 3.63) is 16.4 Å². The van der Waals surface area contributed by atoms with Crippen molar-refractivity contribution in [3.63, 3.8) is 0 Å². The predicted octanol–water partition coefficient (Wildman–Crippen LogP) is 2.27. The van der Waals surface area contributed by atoms with Crippen molar-refractivity contribution in [1.82, 2.24) is 14.7 Å². The second kappa shape index (κ2) is 7.88. The van der Waals surface area contributed by atoms with E-state index in [0.717, 1.165) is 43.9 Å². The molecule has 0 spiro atoms. The molecular weight excluding hydrogens is 262 g/mol. The summed E-state index contributed by atoms with van der Waals surface area (Å²) in [4.78, 5) is 2.31. The molecule has 1 aromatic rings. The number of nitrogens with zero attached hydrogens (tertiary/aromatic N) is 3. The third-order valence-corrected chi connectivity index (χ3v) is 4.04. The highest BCUT2D eigenvalue weighted by Gasteiger charge is 2.17. The summed E-state index contributed by atoms with van der Waals surface area (Å²) in [5.41, 5.74) is 1.85. The van der Waals surface area contributed by atoms with Crippen LogP contribution in [0.25, 0.3) is 0 Å². The lowest BCUT2D eigenvalue weighted by molar-refractivity contribution is 0.142. The highest BCUT2D eigenvalue weighted by Crippen LogP contribution is 2.22. The summed E-state index contributed by atoms with van der Waals surface area (Å²) in [7, 11) is 1.89. The van der Waals surface area contributed by atoms with Crippen LogP contribution in [0, 0.1) is 0 Å². The highest BCUT2D eigenvalue weighted by molar-refractivity contribution is 6.31. The number of aryl methyl sites for hydroxylation is 2. The molecule has 0 radical (unpaired) electrons. The van der Waals surface area contributed by atoms with Crippen molar-refractivity contribution in [1.29, 1.82) is 0 Å². The van der Waals surface area contributed by atoms with Crippen molar-refractivity contribution >= 4 is 11.6 Å². The van der Waals surface area contributed by atoms with Gasteiger partial charge in [0.15, 0.2) is 0 Å². The largest absolute Gasteiger partial charge is 0.393 e. The van der Waals surface area contributed by atoms with Gasteiger partial charge in [0, 0.05) is 20.0 Å². The van der Waals surface area contributed by atoms with E-state index in [1.807, 2.05) is 14.0 Å². The molecule has 1 N–H and O–H groups in total. The van der Waals surface area contributed by atoms with Gasteiger partial charge in [-0.2, -0.15) is 5.10 Å². The first-order valence-corrected chi connectivity index (χ1v) is 7.51. The molecule has 0 aromatic carbocycles. The Hall–Kier alpha value is -0.580. The summed E-state index contributed by atoms with van der Waals surface area (Å²) >= 11 is 6.29. The number of aliphatic hydroxyl groups excluding tert-OH is 1. The van der Waals surface area contributed by atoms with E-state index in [1.54, 1.807) is 4.68 Å². The quantitative estimate of drug-likeness (QED) is 0.797. The minimum atomic E-state index is -0.363. The number of aliphatic hydroxyl groups is 1. The number of halogens is 1. The Kier molecular flexibility index (Phi) is 6.83. The van der Waals surface area contributed by atoms with Gasteiger partial charge >= 0.3 is 0 Å². The summed E-state index contributed by atoms with van der Waals surface area (Å²) in [6.45, 7) is 9.28. The van der Waals surface area contributed by atoms with Gasteiger partial charge in [0.25, 0.3) is 0 Å². The van der Waals surface area contributed by atoms with Gasteiger partial charge in [-0.15, -0.1) is 0 Å². The van der Waals surface area contributed by atoms with E-state index >= 15 is 0 Å². The smallest absolute Gasteiger partial charge is 0.0850 e. The maximum atomic E-state index is 10.1. The van der Waals surface area contributed by atoms with Gasteiger partial charge in [-0.3, -0.25) is 4.68 Å². The minimum Gasteiger partial charge on any atom is -0.393 e. The lowest BCUT2D eigenvalue weighted by Crippen LogP contribution is -2.28.